The molecule has 0 radical (unpaired) electrons. The second-order valence-corrected chi connectivity index (χ2v) is 5.79. The van der Waals surface area contributed by atoms with E-state index in [2.05, 4.69) is 15.6 Å². The number of aliphatic imine (C=N–C) groups is 1. The smallest absolute Gasteiger partial charge is 0.191 e. The third-order valence-corrected chi connectivity index (χ3v) is 3.94. The average Bonchev–Trinajstić information content (AvgIpc) is 2.62. The molecular formula is C19H21ClFIN4. The van der Waals surface area contributed by atoms with Gasteiger partial charge in [-0.1, -0.05) is 29.8 Å². The molecule has 0 aliphatic carbocycles. The minimum atomic E-state index is -0.366. The molecule has 0 aliphatic heterocycles. The van der Waals surface area contributed by atoms with Crippen LogP contribution in [0, 0.1) is 17.1 Å². The van der Waals surface area contributed by atoms with Crippen molar-refractivity contribution >= 4 is 41.5 Å². The van der Waals surface area contributed by atoms with Crippen LogP contribution in [-0.2, 0) is 13.0 Å². The molecule has 0 heterocycles. The molecule has 0 bridgehead atoms. The van der Waals surface area contributed by atoms with Crippen molar-refractivity contribution in [3.63, 3.8) is 0 Å². The second-order valence-electron chi connectivity index (χ2n) is 5.38. The Morgan fingerprint density at radius 3 is 2.65 bits per heavy atom. The van der Waals surface area contributed by atoms with Gasteiger partial charge in [0.25, 0.3) is 0 Å². The SMILES string of the molecule is CCNC(=NCc1cc(C#N)ccc1F)NCCc1ccccc1Cl.I. The van der Waals surface area contributed by atoms with Crippen LogP contribution < -0.4 is 10.6 Å². The van der Waals surface area contributed by atoms with Crippen LogP contribution in [0.4, 0.5) is 4.39 Å². The topological polar surface area (TPSA) is 60.2 Å². The van der Waals surface area contributed by atoms with Gasteiger partial charge in [-0.25, -0.2) is 9.38 Å². The zero-order chi connectivity index (χ0) is 18.1. The Labute approximate surface area is 175 Å². The van der Waals surface area contributed by atoms with Gasteiger partial charge in [0.05, 0.1) is 18.2 Å². The van der Waals surface area contributed by atoms with Crippen molar-refractivity contribution in [3.05, 3.63) is 70.0 Å². The first-order valence-electron chi connectivity index (χ1n) is 8.08. The zero-order valence-corrected chi connectivity index (χ0v) is 17.5. The van der Waals surface area contributed by atoms with Crippen LogP contribution in [-0.4, -0.2) is 19.0 Å². The zero-order valence-electron chi connectivity index (χ0n) is 14.4. The van der Waals surface area contributed by atoms with Gasteiger partial charge >= 0.3 is 0 Å². The van der Waals surface area contributed by atoms with Gasteiger partial charge in [0.1, 0.15) is 5.82 Å². The van der Waals surface area contributed by atoms with E-state index in [4.69, 9.17) is 16.9 Å². The number of halogens is 3. The Morgan fingerprint density at radius 2 is 1.96 bits per heavy atom. The maximum atomic E-state index is 13.8. The summed E-state index contributed by atoms with van der Waals surface area (Å²) in [6.07, 6.45) is 0.752. The molecule has 0 unspecified atom stereocenters. The standard InChI is InChI=1S/C19H20ClFN4.HI/c1-2-23-19(24-10-9-15-5-3-4-6-17(15)20)25-13-16-11-14(12-22)7-8-18(16)21;/h3-8,11H,2,9-10,13H2,1H3,(H2,23,24,25);1H. The van der Waals surface area contributed by atoms with Crippen molar-refractivity contribution in [2.45, 2.75) is 19.9 Å². The van der Waals surface area contributed by atoms with Gasteiger partial charge in [-0.05, 0) is 43.2 Å². The molecule has 0 aromatic heterocycles. The van der Waals surface area contributed by atoms with E-state index in [0.717, 1.165) is 17.0 Å². The summed E-state index contributed by atoms with van der Waals surface area (Å²) in [5.74, 6) is 0.228. The van der Waals surface area contributed by atoms with Crippen LogP contribution in [0.5, 0.6) is 0 Å². The third-order valence-electron chi connectivity index (χ3n) is 3.57. The number of hydrogen-bond donors (Lipinski definition) is 2. The lowest BCUT2D eigenvalue weighted by Gasteiger charge is -2.12. The second kappa shape index (κ2) is 11.7. The fourth-order valence-electron chi connectivity index (χ4n) is 2.29. The maximum Gasteiger partial charge on any atom is 0.191 e. The Balaban J connectivity index is 0.00000338. The monoisotopic (exact) mass is 486 g/mol. The summed E-state index contributed by atoms with van der Waals surface area (Å²) < 4.78 is 13.8. The molecule has 0 spiro atoms. The number of nitriles is 1. The molecule has 2 aromatic carbocycles. The largest absolute Gasteiger partial charge is 0.357 e. The molecule has 138 valence electrons. The van der Waals surface area contributed by atoms with E-state index >= 15 is 0 Å². The minimum Gasteiger partial charge on any atom is -0.357 e. The Bertz CT molecular complexity index is 789. The molecule has 0 saturated carbocycles. The number of guanidine groups is 1. The number of rotatable bonds is 6. The number of nitrogens with zero attached hydrogens (tertiary/aromatic N) is 2. The van der Waals surface area contributed by atoms with Crippen LogP contribution in [0.3, 0.4) is 0 Å². The maximum absolute atomic E-state index is 13.8. The molecule has 2 N–H and O–H groups in total. The molecule has 0 fully saturated rings. The van der Waals surface area contributed by atoms with Gasteiger partial charge in [-0.15, -0.1) is 24.0 Å². The molecule has 0 saturated heterocycles. The summed E-state index contributed by atoms with van der Waals surface area (Å²) in [4.78, 5) is 4.39. The van der Waals surface area contributed by atoms with E-state index in [1.54, 1.807) is 0 Å². The quantitative estimate of drug-likeness (QED) is 0.364. The van der Waals surface area contributed by atoms with Crippen LogP contribution in [0.2, 0.25) is 5.02 Å². The van der Waals surface area contributed by atoms with Crippen molar-refractivity contribution < 1.29 is 4.39 Å². The summed E-state index contributed by atoms with van der Waals surface area (Å²) in [5, 5.41) is 16.0. The van der Waals surface area contributed by atoms with E-state index in [1.807, 2.05) is 37.3 Å². The van der Waals surface area contributed by atoms with Crippen molar-refractivity contribution in [2.75, 3.05) is 13.1 Å². The molecular weight excluding hydrogens is 466 g/mol. The highest BCUT2D eigenvalue weighted by Gasteiger charge is 2.05. The minimum absolute atomic E-state index is 0. The lowest BCUT2D eigenvalue weighted by molar-refractivity contribution is 0.610. The summed E-state index contributed by atoms with van der Waals surface area (Å²) in [6, 6.07) is 14.0. The van der Waals surface area contributed by atoms with Crippen molar-refractivity contribution in [2.24, 2.45) is 4.99 Å². The molecule has 7 heteroatoms. The highest BCUT2D eigenvalue weighted by Crippen LogP contribution is 2.15. The van der Waals surface area contributed by atoms with E-state index in [-0.39, 0.29) is 36.3 Å². The van der Waals surface area contributed by atoms with Gasteiger partial charge in [-0.2, -0.15) is 5.26 Å². The molecule has 2 aromatic rings. The summed E-state index contributed by atoms with van der Waals surface area (Å²) in [6.45, 7) is 3.46. The Morgan fingerprint density at radius 1 is 1.19 bits per heavy atom. The highest BCUT2D eigenvalue weighted by molar-refractivity contribution is 14.0. The molecule has 0 amide bonds. The average molecular weight is 487 g/mol. The van der Waals surface area contributed by atoms with Crippen molar-refractivity contribution in [1.82, 2.24) is 10.6 Å². The number of benzene rings is 2. The van der Waals surface area contributed by atoms with Crippen molar-refractivity contribution in [3.8, 4) is 6.07 Å². The van der Waals surface area contributed by atoms with Gasteiger partial charge in [0.2, 0.25) is 0 Å². The van der Waals surface area contributed by atoms with Crippen LogP contribution in [0.1, 0.15) is 23.6 Å². The molecule has 4 nitrogen and oxygen atoms in total. The fourth-order valence-corrected chi connectivity index (χ4v) is 2.52. The van der Waals surface area contributed by atoms with Crippen LogP contribution >= 0.6 is 35.6 Å². The first-order chi connectivity index (χ1) is 12.1. The summed E-state index contributed by atoms with van der Waals surface area (Å²) >= 11 is 6.15. The number of hydrogen-bond acceptors (Lipinski definition) is 2. The molecule has 2 rings (SSSR count). The van der Waals surface area contributed by atoms with E-state index in [0.29, 0.717) is 30.2 Å². The lowest BCUT2D eigenvalue weighted by Crippen LogP contribution is -2.38. The van der Waals surface area contributed by atoms with E-state index < -0.39 is 0 Å². The van der Waals surface area contributed by atoms with E-state index in [1.165, 1.54) is 18.2 Å². The van der Waals surface area contributed by atoms with Crippen LogP contribution in [0.15, 0.2) is 47.5 Å². The predicted molar refractivity (Wildman–Crippen MR) is 115 cm³/mol. The van der Waals surface area contributed by atoms with Gasteiger partial charge in [-0.3, -0.25) is 0 Å². The first-order valence-corrected chi connectivity index (χ1v) is 8.46. The fraction of sp³-hybridized carbons (Fsp3) is 0.263. The number of nitrogens with one attached hydrogen (secondary N) is 2. The summed E-state index contributed by atoms with van der Waals surface area (Å²) in [7, 11) is 0. The Hall–Kier alpha value is -1.85. The first kappa shape index (κ1) is 22.2. The van der Waals surface area contributed by atoms with Crippen LogP contribution in [0.25, 0.3) is 0 Å². The predicted octanol–water partition coefficient (Wildman–Crippen LogP) is 4.27. The third kappa shape index (κ3) is 6.81. The van der Waals surface area contributed by atoms with Gasteiger partial charge in [0.15, 0.2) is 5.96 Å². The Kier molecular flexibility index (Phi) is 9.99. The highest BCUT2D eigenvalue weighted by atomic mass is 127. The lowest BCUT2D eigenvalue weighted by atomic mass is 10.1. The molecule has 0 atom stereocenters. The van der Waals surface area contributed by atoms with E-state index in [9.17, 15) is 4.39 Å². The summed E-state index contributed by atoms with van der Waals surface area (Å²) in [5.41, 5.74) is 1.87. The molecule has 0 aliphatic rings. The van der Waals surface area contributed by atoms with Gasteiger partial charge in [0, 0.05) is 23.7 Å². The van der Waals surface area contributed by atoms with Crippen molar-refractivity contribution in [1.29, 1.82) is 5.26 Å². The van der Waals surface area contributed by atoms with Gasteiger partial charge < -0.3 is 10.6 Å². The normalized spacial score (nSPS) is 10.6. The molecule has 26 heavy (non-hydrogen) atoms.